The average Bonchev–Trinajstić information content (AvgIpc) is 2.23. The molecular weight excluding hydrogens is 294 g/mol. The maximum atomic E-state index is 13.9. The first kappa shape index (κ1) is 12.9. The molecule has 2 rings (SSSR count). The summed E-state index contributed by atoms with van der Waals surface area (Å²) in [5, 5.41) is 10.4. The first-order valence-electron chi connectivity index (χ1n) is 5.42. The van der Waals surface area contributed by atoms with Crippen LogP contribution in [0, 0.1) is 11.6 Å². The summed E-state index contributed by atoms with van der Waals surface area (Å²) in [6.07, 6.45) is 0.172. The predicted molar refractivity (Wildman–Crippen MR) is 62.6 cm³/mol. The van der Waals surface area contributed by atoms with Gasteiger partial charge in [0.2, 0.25) is 0 Å². The van der Waals surface area contributed by atoms with Gasteiger partial charge in [0.15, 0.2) is 0 Å². The van der Waals surface area contributed by atoms with Gasteiger partial charge in [-0.25, -0.2) is 8.78 Å². The van der Waals surface area contributed by atoms with Crippen molar-refractivity contribution in [2.24, 2.45) is 0 Å². The molecule has 1 aliphatic rings. The molecule has 0 bridgehead atoms. The SMILES string of the molecule is CC1CC(O)(c2c(F)ccc(Br)c2F)CCO1. The largest absolute Gasteiger partial charge is 0.385 e. The zero-order valence-corrected chi connectivity index (χ0v) is 10.9. The highest BCUT2D eigenvalue weighted by molar-refractivity contribution is 9.10. The summed E-state index contributed by atoms with van der Waals surface area (Å²) >= 11 is 3.00. The fourth-order valence-corrected chi connectivity index (χ4v) is 2.58. The molecule has 17 heavy (non-hydrogen) atoms. The van der Waals surface area contributed by atoms with E-state index in [0.29, 0.717) is 6.61 Å². The van der Waals surface area contributed by atoms with Gasteiger partial charge in [0.1, 0.15) is 17.2 Å². The Morgan fingerprint density at radius 1 is 1.47 bits per heavy atom. The van der Waals surface area contributed by atoms with E-state index in [1.807, 2.05) is 0 Å². The number of aliphatic hydroxyl groups is 1. The van der Waals surface area contributed by atoms with Gasteiger partial charge in [-0.2, -0.15) is 0 Å². The van der Waals surface area contributed by atoms with Crippen LogP contribution in [-0.2, 0) is 10.3 Å². The third kappa shape index (κ3) is 2.37. The molecule has 1 aromatic carbocycles. The number of halogens is 3. The van der Waals surface area contributed by atoms with E-state index in [9.17, 15) is 13.9 Å². The summed E-state index contributed by atoms with van der Waals surface area (Å²) in [6.45, 7) is 2.07. The van der Waals surface area contributed by atoms with Gasteiger partial charge in [0.05, 0.1) is 22.7 Å². The minimum Gasteiger partial charge on any atom is -0.385 e. The maximum Gasteiger partial charge on any atom is 0.146 e. The Morgan fingerprint density at radius 2 is 2.18 bits per heavy atom. The quantitative estimate of drug-likeness (QED) is 0.808. The van der Waals surface area contributed by atoms with Gasteiger partial charge < -0.3 is 9.84 Å². The first-order chi connectivity index (χ1) is 7.94. The van der Waals surface area contributed by atoms with Gasteiger partial charge in [-0.3, -0.25) is 0 Å². The highest BCUT2D eigenvalue weighted by Crippen LogP contribution is 2.39. The second kappa shape index (κ2) is 4.63. The van der Waals surface area contributed by atoms with Crippen molar-refractivity contribution in [2.45, 2.75) is 31.5 Å². The van der Waals surface area contributed by atoms with E-state index in [1.165, 1.54) is 6.07 Å². The van der Waals surface area contributed by atoms with E-state index >= 15 is 0 Å². The highest BCUT2D eigenvalue weighted by atomic mass is 79.9. The Morgan fingerprint density at radius 3 is 2.82 bits per heavy atom. The van der Waals surface area contributed by atoms with Gasteiger partial charge in [-0.1, -0.05) is 0 Å². The lowest BCUT2D eigenvalue weighted by Crippen LogP contribution is -2.39. The minimum atomic E-state index is -1.49. The van der Waals surface area contributed by atoms with Crippen molar-refractivity contribution in [1.29, 1.82) is 0 Å². The van der Waals surface area contributed by atoms with Crippen molar-refractivity contribution < 1.29 is 18.6 Å². The highest BCUT2D eigenvalue weighted by Gasteiger charge is 2.39. The second-order valence-corrected chi connectivity index (χ2v) is 5.24. The molecule has 0 saturated carbocycles. The zero-order chi connectivity index (χ0) is 12.6. The van der Waals surface area contributed by atoms with Gasteiger partial charge in [-0.05, 0) is 35.0 Å². The molecule has 1 heterocycles. The number of benzene rings is 1. The second-order valence-electron chi connectivity index (χ2n) is 4.39. The predicted octanol–water partition coefficient (Wildman–Crippen LogP) is 3.11. The van der Waals surface area contributed by atoms with Crippen molar-refractivity contribution >= 4 is 15.9 Å². The molecule has 1 aromatic rings. The van der Waals surface area contributed by atoms with Crippen LogP contribution < -0.4 is 0 Å². The van der Waals surface area contributed by atoms with Crippen LogP contribution in [0.4, 0.5) is 8.78 Å². The van der Waals surface area contributed by atoms with Crippen LogP contribution in [0.1, 0.15) is 25.3 Å². The standard InChI is InChI=1S/C12H13BrF2O2/c1-7-6-12(16,4-5-17-7)10-9(14)3-2-8(13)11(10)15/h2-3,7,16H,4-6H2,1H3. The van der Waals surface area contributed by atoms with E-state index in [0.717, 1.165) is 6.07 Å². The van der Waals surface area contributed by atoms with Crippen LogP contribution in [0.3, 0.4) is 0 Å². The third-order valence-electron chi connectivity index (χ3n) is 3.05. The Balaban J connectivity index is 2.48. The molecule has 2 nitrogen and oxygen atoms in total. The molecule has 0 aromatic heterocycles. The average molecular weight is 307 g/mol. The van der Waals surface area contributed by atoms with Crippen LogP contribution in [-0.4, -0.2) is 17.8 Å². The number of ether oxygens (including phenoxy) is 1. The molecule has 5 heteroatoms. The van der Waals surface area contributed by atoms with Crippen molar-refractivity contribution in [3.8, 4) is 0 Å². The van der Waals surface area contributed by atoms with Gasteiger partial charge in [-0.15, -0.1) is 0 Å². The van der Waals surface area contributed by atoms with Crippen molar-refractivity contribution in [2.75, 3.05) is 6.61 Å². The number of rotatable bonds is 1. The smallest absolute Gasteiger partial charge is 0.146 e. The summed E-state index contributed by atoms with van der Waals surface area (Å²) in [6, 6.07) is 2.45. The van der Waals surface area contributed by atoms with Crippen LogP contribution in [0.15, 0.2) is 16.6 Å². The van der Waals surface area contributed by atoms with E-state index < -0.39 is 17.2 Å². The normalized spacial score (nSPS) is 29.4. The van der Waals surface area contributed by atoms with Crippen molar-refractivity contribution in [1.82, 2.24) is 0 Å². The molecule has 94 valence electrons. The van der Waals surface area contributed by atoms with Gasteiger partial charge >= 0.3 is 0 Å². The van der Waals surface area contributed by atoms with Crippen molar-refractivity contribution in [3.63, 3.8) is 0 Å². The van der Waals surface area contributed by atoms with Crippen molar-refractivity contribution in [3.05, 3.63) is 33.8 Å². The topological polar surface area (TPSA) is 29.5 Å². The Kier molecular flexibility index (Phi) is 3.52. The lowest BCUT2D eigenvalue weighted by molar-refractivity contribution is -0.104. The molecule has 2 unspecified atom stereocenters. The van der Waals surface area contributed by atoms with E-state index in [1.54, 1.807) is 6.92 Å². The lowest BCUT2D eigenvalue weighted by Gasteiger charge is -2.36. The summed E-state index contributed by atoms with van der Waals surface area (Å²) in [5.74, 6) is -1.45. The molecule has 1 N–H and O–H groups in total. The summed E-state index contributed by atoms with van der Waals surface area (Å²) in [5.41, 5.74) is -1.75. The van der Waals surface area contributed by atoms with Crippen LogP contribution in [0.5, 0.6) is 0 Å². The maximum absolute atomic E-state index is 13.9. The van der Waals surface area contributed by atoms with E-state index in [-0.39, 0.29) is 29.0 Å². The molecule has 1 aliphatic heterocycles. The summed E-state index contributed by atoms with van der Waals surface area (Å²) in [4.78, 5) is 0. The monoisotopic (exact) mass is 306 g/mol. The Bertz CT molecular complexity index is 439. The van der Waals surface area contributed by atoms with E-state index in [4.69, 9.17) is 4.74 Å². The molecular formula is C12H13BrF2O2. The van der Waals surface area contributed by atoms with Gasteiger partial charge in [0, 0.05) is 12.8 Å². The number of hydrogen-bond acceptors (Lipinski definition) is 2. The van der Waals surface area contributed by atoms with Crippen LogP contribution >= 0.6 is 15.9 Å². The number of hydrogen-bond donors (Lipinski definition) is 1. The minimum absolute atomic E-state index is 0.154. The molecule has 0 amide bonds. The van der Waals surface area contributed by atoms with Crippen LogP contribution in [0.25, 0.3) is 0 Å². The van der Waals surface area contributed by atoms with Gasteiger partial charge in [0.25, 0.3) is 0 Å². The summed E-state index contributed by atoms with van der Waals surface area (Å²) < 4.78 is 33.1. The molecule has 1 saturated heterocycles. The first-order valence-corrected chi connectivity index (χ1v) is 6.21. The molecule has 0 radical (unpaired) electrons. The summed E-state index contributed by atoms with van der Waals surface area (Å²) in [7, 11) is 0. The Hall–Kier alpha value is -0.520. The lowest BCUT2D eigenvalue weighted by atomic mass is 9.83. The zero-order valence-electron chi connectivity index (χ0n) is 9.34. The Labute approximate surface area is 107 Å². The van der Waals surface area contributed by atoms with E-state index in [2.05, 4.69) is 15.9 Å². The van der Waals surface area contributed by atoms with Crippen LogP contribution in [0.2, 0.25) is 0 Å². The molecule has 1 fully saturated rings. The molecule has 0 aliphatic carbocycles. The fourth-order valence-electron chi connectivity index (χ4n) is 2.25. The molecule has 2 atom stereocenters. The molecule has 0 spiro atoms. The fraction of sp³-hybridized carbons (Fsp3) is 0.500. The third-order valence-corrected chi connectivity index (χ3v) is 3.66.